The predicted octanol–water partition coefficient (Wildman–Crippen LogP) is 1.70. The Labute approximate surface area is 130 Å². The minimum atomic E-state index is -3.16. The van der Waals surface area contributed by atoms with Crippen LogP contribution in [0.4, 0.5) is 10.5 Å². The van der Waals surface area contributed by atoms with Crippen LogP contribution in [0.3, 0.4) is 0 Å². The fourth-order valence-corrected chi connectivity index (χ4v) is 2.62. The van der Waals surface area contributed by atoms with Gasteiger partial charge in [0.2, 0.25) is 0 Å². The molecule has 0 radical (unpaired) electrons. The third kappa shape index (κ3) is 5.35. The maximum Gasteiger partial charge on any atom is 0.337 e. The molecule has 2 amide bonds. The van der Waals surface area contributed by atoms with Crippen LogP contribution in [-0.2, 0) is 9.84 Å². The van der Waals surface area contributed by atoms with Gasteiger partial charge in [0, 0.05) is 16.8 Å². The molecule has 0 saturated carbocycles. The van der Waals surface area contributed by atoms with Gasteiger partial charge in [-0.05, 0) is 28.1 Å². The summed E-state index contributed by atoms with van der Waals surface area (Å²) in [6, 6.07) is 3.80. The van der Waals surface area contributed by atoms with Crippen molar-refractivity contribution in [3.8, 4) is 0 Å². The first-order valence-corrected chi connectivity index (χ1v) is 8.65. The molecule has 9 heteroatoms. The summed E-state index contributed by atoms with van der Waals surface area (Å²) in [4.78, 5) is 22.8. The molecule has 0 bridgehead atoms. The Morgan fingerprint density at radius 1 is 1.33 bits per heavy atom. The quantitative estimate of drug-likeness (QED) is 0.697. The zero-order chi connectivity index (χ0) is 16.0. The number of benzene rings is 1. The molecule has 0 unspecified atom stereocenters. The number of urea groups is 1. The molecule has 0 fully saturated rings. The fraction of sp³-hybridized carbons (Fsp3) is 0.333. The first-order valence-electron chi connectivity index (χ1n) is 6.04. The Bertz CT molecular complexity index is 645. The number of anilines is 1. The second-order valence-corrected chi connectivity index (χ2v) is 7.41. The van der Waals surface area contributed by atoms with Crippen LogP contribution in [0, 0.1) is 0 Å². The minimum absolute atomic E-state index is 0.00367. The Morgan fingerprint density at radius 3 is 2.57 bits per heavy atom. The smallest absolute Gasteiger partial charge is 0.337 e. The molecule has 0 saturated heterocycles. The monoisotopic (exact) mass is 378 g/mol. The van der Waals surface area contributed by atoms with Crippen LogP contribution in [0.2, 0.25) is 0 Å². The summed E-state index contributed by atoms with van der Waals surface area (Å²) in [6.45, 7) is 1.48. The van der Waals surface area contributed by atoms with E-state index < -0.39 is 21.8 Å². The SMILES string of the molecule is CCS(=O)(=O)CCNC(=O)Nc1c(Br)cccc1C(=O)O. The first-order chi connectivity index (χ1) is 9.76. The zero-order valence-corrected chi connectivity index (χ0v) is 13.6. The van der Waals surface area contributed by atoms with Gasteiger partial charge in [-0.3, -0.25) is 0 Å². The summed E-state index contributed by atoms with van der Waals surface area (Å²) in [5, 5.41) is 13.8. The molecule has 1 rings (SSSR count). The van der Waals surface area contributed by atoms with E-state index in [0.29, 0.717) is 4.47 Å². The van der Waals surface area contributed by atoms with Crippen LogP contribution in [0.15, 0.2) is 22.7 Å². The Morgan fingerprint density at radius 2 is 2.00 bits per heavy atom. The first kappa shape index (κ1) is 17.4. The van der Waals surface area contributed by atoms with Gasteiger partial charge in [-0.1, -0.05) is 13.0 Å². The van der Waals surface area contributed by atoms with Crippen molar-refractivity contribution in [3.63, 3.8) is 0 Å². The van der Waals surface area contributed by atoms with Crippen LogP contribution in [0.5, 0.6) is 0 Å². The third-order valence-electron chi connectivity index (χ3n) is 2.62. The van der Waals surface area contributed by atoms with E-state index in [1.165, 1.54) is 19.1 Å². The predicted molar refractivity (Wildman–Crippen MR) is 82.5 cm³/mol. The van der Waals surface area contributed by atoms with Crippen molar-refractivity contribution in [2.24, 2.45) is 0 Å². The van der Waals surface area contributed by atoms with Gasteiger partial charge in [-0.15, -0.1) is 0 Å². The second kappa shape index (κ2) is 7.41. The Kier molecular flexibility index (Phi) is 6.16. The summed E-state index contributed by atoms with van der Waals surface area (Å²) < 4.78 is 23.0. The average molecular weight is 379 g/mol. The van der Waals surface area contributed by atoms with Crippen molar-refractivity contribution in [1.29, 1.82) is 0 Å². The lowest BCUT2D eigenvalue weighted by molar-refractivity contribution is 0.0698. The fourth-order valence-electron chi connectivity index (χ4n) is 1.45. The van der Waals surface area contributed by atoms with Crippen molar-refractivity contribution in [2.75, 3.05) is 23.4 Å². The molecule has 1 aromatic carbocycles. The highest BCUT2D eigenvalue weighted by Crippen LogP contribution is 2.26. The van der Waals surface area contributed by atoms with Gasteiger partial charge < -0.3 is 15.7 Å². The highest BCUT2D eigenvalue weighted by atomic mass is 79.9. The van der Waals surface area contributed by atoms with Gasteiger partial charge in [0.15, 0.2) is 9.84 Å². The number of carboxylic acid groups (broad SMARTS) is 1. The molecular formula is C12H15BrN2O5S. The van der Waals surface area contributed by atoms with Gasteiger partial charge in [0.05, 0.1) is 17.0 Å². The van der Waals surface area contributed by atoms with Crippen molar-refractivity contribution >= 4 is 43.5 Å². The summed E-state index contributed by atoms with van der Waals surface area (Å²) in [5.41, 5.74) is 0.0431. The number of aromatic carboxylic acids is 1. The number of carbonyl (C=O) groups excluding carboxylic acids is 1. The molecule has 0 aliphatic rings. The van der Waals surface area contributed by atoms with E-state index in [1.807, 2.05) is 0 Å². The van der Waals surface area contributed by atoms with Gasteiger partial charge in [-0.2, -0.15) is 0 Å². The maximum atomic E-state index is 11.7. The van der Waals surface area contributed by atoms with Crippen LogP contribution >= 0.6 is 15.9 Å². The van der Waals surface area contributed by atoms with Gasteiger partial charge >= 0.3 is 12.0 Å². The molecule has 116 valence electrons. The number of carbonyl (C=O) groups is 2. The van der Waals surface area contributed by atoms with Crippen molar-refractivity contribution in [1.82, 2.24) is 5.32 Å². The summed E-state index contributed by atoms with van der Waals surface area (Å²) in [5.74, 6) is -1.34. The van der Waals surface area contributed by atoms with Gasteiger partial charge in [0.25, 0.3) is 0 Å². The van der Waals surface area contributed by atoms with E-state index in [1.54, 1.807) is 6.07 Å². The number of nitrogens with one attached hydrogen (secondary N) is 2. The molecule has 21 heavy (non-hydrogen) atoms. The molecule has 7 nitrogen and oxygen atoms in total. The molecule has 0 spiro atoms. The van der Waals surface area contributed by atoms with E-state index in [9.17, 15) is 18.0 Å². The molecule has 0 aromatic heterocycles. The normalized spacial score (nSPS) is 11.0. The van der Waals surface area contributed by atoms with Crippen LogP contribution in [-0.4, -0.2) is 43.6 Å². The summed E-state index contributed by atoms with van der Waals surface area (Å²) in [6.07, 6.45) is 0. The van der Waals surface area contributed by atoms with Crippen LogP contribution in [0.1, 0.15) is 17.3 Å². The number of sulfone groups is 1. The van der Waals surface area contributed by atoms with Gasteiger partial charge in [0.1, 0.15) is 0 Å². The van der Waals surface area contributed by atoms with Crippen LogP contribution in [0.25, 0.3) is 0 Å². The number of carboxylic acids is 1. The molecule has 0 aliphatic heterocycles. The van der Waals surface area contributed by atoms with E-state index >= 15 is 0 Å². The number of hydrogen-bond acceptors (Lipinski definition) is 4. The number of rotatable bonds is 6. The van der Waals surface area contributed by atoms with Gasteiger partial charge in [-0.25, -0.2) is 18.0 Å². The number of hydrogen-bond donors (Lipinski definition) is 3. The summed E-state index contributed by atoms with van der Waals surface area (Å²) in [7, 11) is -3.16. The van der Waals surface area contributed by atoms with Crippen molar-refractivity contribution < 1.29 is 23.1 Å². The lowest BCUT2D eigenvalue weighted by Gasteiger charge is -2.11. The Hall–Kier alpha value is -1.61. The second-order valence-electron chi connectivity index (χ2n) is 4.08. The Balaban J connectivity index is 2.70. The highest BCUT2D eigenvalue weighted by Gasteiger charge is 2.15. The largest absolute Gasteiger partial charge is 0.478 e. The van der Waals surface area contributed by atoms with Crippen molar-refractivity contribution in [2.45, 2.75) is 6.92 Å². The van der Waals surface area contributed by atoms with E-state index in [4.69, 9.17) is 5.11 Å². The molecule has 1 aromatic rings. The number of amides is 2. The zero-order valence-electron chi connectivity index (χ0n) is 11.2. The lowest BCUT2D eigenvalue weighted by Crippen LogP contribution is -2.33. The third-order valence-corrected chi connectivity index (χ3v) is 4.99. The number of halogens is 1. The molecule has 0 atom stereocenters. The average Bonchev–Trinajstić information content (AvgIpc) is 2.40. The lowest BCUT2D eigenvalue weighted by atomic mass is 10.2. The van der Waals surface area contributed by atoms with E-state index in [0.717, 1.165) is 0 Å². The van der Waals surface area contributed by atoms with E-state index in [2.05, 4.69) is 26.6 Å². The highest BCUT2D eigenvalue weighted by molar-refractivity contribution is 9.10. The summed E-state index contributed by atoms with van der Waals surface area (Å²) >= 11 is 3.15. The van der Waals surface area contributed by atoms with E-state index in [-0.39, 0.29) is 29.3 Å². The minimum Gasteiger partial charge on any atom is -0.478 e. The topological polar surface area (TPSA) is 113 Å². The molecule has 0 aliphatic carbocycles. The number of para-hydroxylation sites is 1. The molecule has 3 N–H and O–H groups in total. The maximum absolute atomic E-state index is 11.7. The molecular weight excluding hydrogens is 364 g/mol. The molecule has 0 heterocycles. The standard InChI is InChI=1S/C12H15BrN2O5S/c1-2-21(19,20)7-6-14-12(18)15-10-8(11(16)17)4-3-5-9(10)13/h3-5H,2,6-7H2,1H3,(H,16,17)(H2,14,15,18). The van der Waals surface area contributed by atoms with Crippen LogP contribution < -0.4 is 10.6 Å². The van der Waals surface area contributed by atoms with Crippen molar-refractivity contribution in [3.05, 3.63) is 28.2 Å².